The molecular weight excluding hydrogens is 480 g/mol. The highest BCUT2D eigenvalue weighted by Crippen LogP contribution is 2.17. The topological polar surface area (TPSA) is 112 Å². The van der Waals surface area contributed by atoms with Gasteiger partial charge in [-0.05, 0) is 24.0 Å². The Bertz CT molecular complexity index is 1070. The number of carbonyl (C=O) groups is 3. The number of hydrogen-bond acceptors (Lipinski definition) is 11. The number of esters is 1. The van der Waals surface area contributed by atoms with Crippen LogP contribution in [0.25, 0.3) is 0 Å². The van der Waals surface area contributed by atoms with Crippen molar-refractivity contribution in [2.45, 2.75) is 39.0 Å². The Morgan fingerprint density at radius 3 is 2.00 bits per heavy atom. The predicted molar refractivity (Wildman–Crippen MR) is 129 cm³/mol. The molecule has 0 aliphatic carbocycles. The molecule has 0 saturated heterocycles. The van der Waals surface area contributed by atoms with Gasteiger partial charge in [-0.1, -0.05) is 30.3 Å². The summed E-state index contributed by atoms with van der Waals surface area (Å²) >= 11 is 4.67. The maximum absolute atomic E-state index is 12.2. The number of Topliss-reactive ketones (excluding diaryl/α,β-unsaturated/α-hetero) is 2. The van der Waals surface area contributed by atoms with E-state index in [2.05, 4.69) is 20.4 Å². The minimum absolute atomic E-state index is 0.0331. The zero-order valence-corrected chi connectivity index (χ0v) is 20.6. The molecule has 0 radical (unpaired) electrons. The summed E-state index contributed by atoms with van der Waals surface area (Å²) in [5.74, 6) is 1.25. The highest BCUT2D eigenvalue weighted by atomic mass is 32.2. The van der Waals surface area contributed by atoms with Gasteiger partial charge in [-0.3, -0.25) is 14.4 Å². The third-order valence-corrected chi connectivity index (χ3v) is 7.21. The summed E-state index contributed by atoms with van der Waals surface area (Å²) in [5, 5.41) is 19.6. The molecule has 0 spiro atoms. The van der Waals surface area contributed by atoms with Gasteiger partial charge in [-0.2, -0.15) is 11.8 Å². The molecule has 0 N–H and O–H groups in total. The number of rotatable bonds is 14. The van der Waals surface area contributed by atoms with Crippen molar-refractivity contribution in [3.63, 3.8) is 0 Å². The van der Waals surface area contributed by atoms with Crippen LogP contribution >= 0.6 is 34.4 Å². The fourth-order valence-corrected chi connectivity index (χ4v) is 5.59. The fraction of sp³-hybridized carbons (Fsp3) is 0.409. The van der Waals surface area contributed by atoms with Crippen LogP contribution in [-0.4, -0.2) is 56.0 Å². The number of nitrogens with zero attached hydrogens (tertiary/aromatic N) is 4. The highest BCUT2D eigenvalue weighted by Gasteiger charge is 2.12. The number of ketones is 2. The normalized spacial score (nSPS) is 10.8. The van der Waals surface area contributed by atoms with Gasteiger partial charge in [0.1, 0.15) is 32.4 Å². The van der Waals surface area contributed by atoms with Gasteiger partial charge in [0.25, 0.3) is 0 Å². The molecule has 0 saturated carbocycles. The van der Waals surface area contributed by atoms with Gasteiger partial charge in [0, 0.05) is 19.3 Å². The third-order valence-electron chi connectivity index (χ3n) is 4.26. The summed E-state index contributed by atoms with van der Waals surface area (Å²) in [6, 6.07) is 9.71. The van der Waals surface area contributed by atoms with E-state index in [-0.39, 0.29) is 24.6 Å². The molecule has 174 valence electrons. The molecule has 0 aliphatic rings. The van der Waals surface area contributed by atoms with Crippen LogP contribution in [0.15, 0.2) is 30.3 Å². The van der Waals surface area contributed by atoms with E-state index in [4.69, 9.17) is 4.74 Å². The second-order valence-electron chi connectivity index (χ2n) is 7.21. The first-order valence-electron chi connectivity index (χ1n) is 10.4. The summed E-state index contributed by atoms with van der Waals surface area (Å²) in [6.07, 6.45) is 2.34. The van der Waals surface area contributed by atoms with Gasteiger partial charge in [-0.15, -0.1) is 43.1 Å². The van der Waals surface area contributed by atoms with Crippen LogP contribution in [0.2, 0.25) is 0 Å². The summed E-state index contributed by atoms with van der Waals surface area (Å²) in [4.78, 5) is 34.7. The monoisotopic (exact) mass is 504 g/mol. The smallest absolute Gasteiger partial charge is 0.313 e. The molecule has 8 nitrogen and oxygen atoms in total. The molecular formula is C22H24N4O4S3. The summed E-state index contributed by atoms with van der Waals surface area (Å²) in [5.41, 5.74) is 1.01. The van der Waals surface area contributed by atoms with Crippen molar-refractivity contribution in [1.29, 1.82) is 0 Å². The first-order valence-corrected chi connectivity index (χ1v) is 13.2. The average molecular weight is 505 g/mol. The van der Waals surface area contributed by atoms with Crippen molar-refractivity contribution in [3.05, 3.63) is 55.9 Å². The highest BCUT2D eigenvalue weighted by molar-refractivity contribution is 7.99. The number of ether oxygens (including phenoxy) is 1. The molecule has 0 unspecified atom stereocenters. The molecule has 11 heteroatoms. The Morgan fingerprint density at radius 1 is 0.818 bits per heavy atom. The van der Waals surface area contributed by atoms with Gasteiger partial charge < -0.3 is 4.74 Å². The zero-order chi connectivity index (χ0) is 23.5. The van der Waals surface area contributed by atoms with Crippen LogP contribution in [0.4, 0.5) is 0 Å². The van der Waals surface area contributed by atoms with Crippen LogP contribution in [0.1, 0.15) is 32.5 Å². The van der Waals surface area contributed by atoms with Crippen molar-refractivity contribution in [1.82, 2.24) is 20.4 Å². The average Bonchev–Trinajstić information content (AvgIpc) is 3.42. The lowest BCUT2D eigenvalue weighted by molar-refractivity contribution is -0.146. The van der Waals surface area contributed by atoms with E-state index in [1.165, 1.54) is 29.6 Å². The van der Waals surface area contributed by atoms with Gasteiger partial charge in [0.15, 0.2) is 5.78 Å². The van der Waals surface area contributed by atoms with Gasteiger partial charge >= 0.3 is 5.97 Å². The largest absolute Gasteiger partial charge is 0.457 e. The molecule has 0 amide bonds. The summed E-state index contributed by atoms with van der Waals surface area (Å²) in [7, 11) is 0. The minimum atomic E-state index is -0.472. The molecule has 3 aromatic rings. The summed E-state index contributed by atoms with van der Waals surface area (Å²) < 4.78 is 4.84. The molecule has 0 fully saturated rings. The van der Waals surface area contributed by atoms with Crippen molar-refractivity contribution in [2.75, 3.05) is 18.1 Å². The molecule has 0 atom stereocenters. The number of carbonyl (C=O) groups excluding carboxylic acids is 3. The van der Waals surface area contributed by atoms with Crippen LogP contribution in [0, 0.1) is 0 Å². The second kappa shape index (κ2) is 13.3. The second-order valence-corrected chi connectivity index (χ2v) is 10.7. The van der Waals surface area contributed by atoms with Crippen molar-refractivity contribution in [2.24, 2.45) is 0 Å². The standard InChI is InChI=1S/C22H24N4O4S3/c1-15(27)14-30-22(29)13-21-26-24-19(33-21)8-10-31-9-7-18-23-25-20(32-18)12-17(28)11-16-5-3-2-4-6-16/h2-6H,7-14H2,1H3. The van der Waals surface area contributed by atoms with Crippen LogP contribution in [-0.2, 0) is 51.2 Å². The Balaban J connectivity index is 1.30. The Morgan fingerprint density at radius 2 is 1.39 bits per heavy atom. The van der Waals surface area contributed by atoms with E-state index >= 15 is 0 Å². The fourth-order valence-electron chi connectivity index (χ4n) is 2.75. The van der Waals surface area contributed by atoms with Crippen molar-refractivity contribution < 1.29 is 19.1 Å². The molecule has 1 aromatic carbocycles. The zero-order valence-electron chi connectivity index (χ0n) is 18.2. The number of aryl methyl sites for hydroxylation is 2. The Hall–Kier alpha value is -2.50. The van der Waals surface area contributed by atoms with E-state index in [9.17, 15) is 14.4 Å². The van der Waals surface area contributed by atoms with Gasteiger partial charge in [0.2, 0.25) is 0 Å². The van der Waals surface area contributed by atoms with Crippen molar-refractivity contribution >= 4 is 52.0 Å². The predicted octanol–water partition coefficient (Wildman–Crippen LogP) is 2.94. The molecule has 2 heterocycles. The number of benzene rings is 1. The molecule has 0 bridgehead atoms. The molecule has 33 heavy (non-hydrogen) atoms. The molecule has 0 aliphatic heterocycles. The molecule has 2 aromatic heterocycles. The first kappa shape index (κ1) is 25.1. The number of hydrogen-bond donors (Lipinski definition) is 0. The Labute approximate surface area is 204 Å². The SMILES string of the molecule is CC(=O)COC(=O)Cc1nnc(CCSCCc2nnc(CC(=O)Cc3ccccc3)s2)s1. The first-order chi connectivity index (χ1) is 16.0. The van der Waals surface area contributed by atoms with E-state index < -0.39 is 5.97 Å². The van der Waals surface area contributed by atoms with Crippen molar-refractivity contribution in [3.8, 4) is 0 Å². The van der Waals surface area contributed by atoms with Crippen LogP contribution in [0.5, 0.6) is 0 Å². The van der Waals surface area contributed by atoms with E-state index in [1.807, 2.05) is 30.3 Å². The lowest BCUT2D eigenvalue weighted by Gasteiger charge is -1.99. The maximum Gasteiger partial charge on any atom is 0.313 e. The lowest BCUT2D eigenvalue weighted by atomic mass is 10.1. The molecule has 3 rings (SSSR count). The summed E-state index contributed by atoms with van der Waals surface area (Å²) in [6.45, 7) is 1.16. The van der Waals surface area contributed by atoms with E-state index in [0.717, 1.165) is 44.9 Å². The third kappa shape index (κ3) is 9.48. The van der Waals surface area contributed by atoms with E-state index in [1.54, 1.807) is 11.8 Å². The van der Waals surface area contributed by atoms with Crippen LogP contribution in [0.3, 0.4) is 0 Å². The quantitative estimate of drug-likeness (QED) is 0.242. The maximum atomic E-state index is 12.2. The minimum Gasteiger partial charge on any atom is -0.457 e. The van der Waals surface area contributed by atoms with E-state index in [0.29, 0.717) is 17.8 Å². The van der Waals surface area contributed by atoms with Gasteiger partial charge in [0.05, 0.1) is 12.8 Å². The number of aromatic nitrogens is 4. The lowest BCUT2D eigenvalue weighted by Crippen LogP contribution is -2.13. The number of thioether (sulfide) groups is 1. The van der Waals surface area contributed by atoms with Crippen LogP contribution < -0.4 is 0 Å². The Kier molecular flexibility index (Phi) is 10.1. The van der Waals surface area contributed by atoms with Gasteiger partial charge in [-0.25, -0.2) is 0 Å².